The Morgan fingerprint density at radius 2 is 2.11 bits per heavy atom. The molecule has 1 aromatic heterocycles. The number of imidazole rings is 1. The number of Topliss-reactive ketones (excluding diaryl/α,β-unsaturated/α-hetero) is 1. The average Bonchev–Trinajstić information content (AvgIpc) is 3.13. The maximum absolute atomic E-state index is 13.7. The molecule has 1 atom stereocenters. The van der Waals surface area contributed by atoms with Crippen molar-refractivity contribution in [3.63, 3.8) is 0 Å². The quantitative estimate of drug-likeness (QED) is 0.756. The summed E-state index contributed by atoms with van der Waals surface area (Å²) in [6.45, 7) is 9.51. The van der Waals surface area contributed by atoms with E-state index in [-0.39, 0.29) is 17.0 Å². The van der Waals surface area contributed by atoms with Crippen LogP contribution in [-0.2, 0) is 4.79 Å². The first-order valence-electron chi connectivity index (χ1n) is 10.9. The normalized spacial score (nSPS) is 33.6. The zero-order chi connectivity index (χ0) is 19.8. The summed E-state index contributed by atoms with van der Waals surface area (Å²) < 4.78 is 2.15. The Balaban J connectivity index is 1.57. The van der Waals surface area contributed by atoms with Crippen LogP contribution in [0.5, 0.6) is 0 Å². The summed E-state index contributed by atoms with van der Waals surface area (Å²) >= 11 is 0. The number of nitrogens with one attached hydrogen (secondary N) is 1. The van der Waals surface area contributed by atoms with Gasteiger partial charge in [-0.05, 0) is 63.1 Å². The van der Waals surface area contributed by atoms with Gasteiger partial charge in [0.15, 0.2) is 0 Å². The summed E-state index contributed by atoms with van der Waals surface area (Å²) in [6, 6.07) is 0.0341. The molecule has 0 spiro atoms. The van der Waals surface area contributed by atoms with Crippen LogP contribution in [0, 0.1) is 5.41 Å². The van der Waals surface area contributed by atoms with Gasteiger partial charge in [0.05, 0.1) is 24.3 Å². The van der Waals surface area contributed by atoms with Gasteiger partial charge in [-0.25, -0.2) is 4.98 Å². The number of rotatable bonds is 6. The molecule has 150 valence electrons. The van der Waals surface area contributed by atoms with E-state index < -0.39 is 0 Å². The van der Waals surface area contributed by atoms with Gasteiger partial charge >= 0.3 is 0 Å². The van der Waals surface area contributed by atoms with E-state index in [0.29, 0.717) is 12.2 Å². The molecule has 0 aromatic carbocycles. The summed E-state index contributed by atoms with van der Waals surface area (Å²) in [5.74, 6) is 0.449. The molecule has 4 nitrogen and oxygen atoms in total. The molecule has 0 amide bonds. The second-order valence-electron chi connectivity index (χ2n) is 8.90. The Kier molecular flexibility index (Phi) is 5.17. The van der Waals surface area contributed by atoms with Crippen molar-refractivity contribution in [2.75, 3.05) is 6.54 Å². The van der Waals surface area contributed by atoms with E-state index >= 15 is 0 Å². The van der Waals surface area contributed by atoms with Gasteiger partial charge in [0.2, 0.25) is 0 Å². The number of nitrogens with zero attached hydrogens (tertiary/aromatic N) is 2. The van der Waals surface area contributed by atoms with Gasteiger partial charge in [0, 0.05) is 17.4 Å². The van der Waals surface area contributed by atoms with E-state index in [9.17, 15) is 4.79 Å². The molecule has 3 fully saturated rings. The second-order valence-corrected chi connectivity index (χ2v) is 8.90. The van der Waals surface area contributed by atoms with Crippen molar-refractivity contribution in [1.29, 1.82) is 0 Å². The fraction of sp³-hybridized carbons (Fsp3) is 0.583. The molecule has 3 saturated carbocycles. The number of carbonyl (C=O) groups is 1. The van der Waals surface area contributed by atoms with Crippen LogP contribution in [0.15, 0.2) is 42.9 Å². The molecule has 28 heavy (non-hydrogen) atoms. The smallest absolute Gasteiger partial charge is 0.141 e. The first kappa shape index (κ1) is 19.4. The Bertz CT molecular complexity index is 821. The lowest BCUT2D eigenvalue weighted by molar-refractivity contribution is -0.131. The largest absolute Gasteiger partial charge is 0.323 e. The van der Waals surface area contributed by atoms with Crippen molar-refractivity contribution in [3.05, 3.63) is 48.6 Å². The van der Waals surface area contributed by atoms with Crippen LogP contribution >= 0.6 is 0 Å². The minimum atomic E-state index is -0.119. The van der Waals surface area contributed by atoms with E-state index in [2.05, 4.69) is 34.4 Å². The van der Waals surface area contributed by atoms with Crippen molar-refractivity contribution in [2.45, 2.75) is 76.8 Å². The summed E-state index contributed by atoms with van der Waals surface area (Å²) in [4.78, 5) is 18.0. The summed E-state index contributed by atoms with van der Waals surface area (Å²) in [5.41, 5.74) is 3.37. The van der Waals surface area contributed by atoms with Crippen LogP contribution in [0.25, 0.3) is 5.57 Å². The molecule has 1 unspecified atom stereocenters. The fourth-order valence-corrected chi connectivity index (χ4v) is 5.83. The van der Waals surface area contributed by atoms with Crippen LogP contribution in [-0.4, -0.2) is 27.4 Å². The average molecular weight is 380 g/mol. The number of carbonyl (C=O) groups excluding carboxylic acids is 1. The Morgan fingerprint density at radius 3 is 2.82 bits per heavy atom. The highest BCUT2D eigenvalue weighted by Crippen LogP contribution is 2.52. The van der Waals surface area contributed by atoms with Gasteiger partial charge in [-0.1, -0.05) is 38.2 Å². The lowest BCUT2D eigenvalue weighted by Crippen LogP contribution is -2.49. The van der Waals surface area contributed by atoms with Crippen molar-refractivity contribution in [1.82, 2.24) is 14.9 Å². The zero-order valence-corrected chi connectivity index (χ0v) is 17.3. The number of fused-ring (bicyclic) bond motifs is 5. The molecule has 2 bridgehead atoms. The van der Waals surface area contributed by atoms with Crippen LogP contribution < -0.4 is 5.32 Å². The summed E-state index contributed by atoms with van der Waals surface area (Å²) in [7, 11) is 0. The van der Waals surface area contributed by atoms with Gasteiger partial charge in [-0.2, -0.15) is 0 Å². The first-order chi connectivity index (χ1) is 13.5. The molecule has 2 heterocycles. The molecular weight excluding hydrogens is 346 g/mol. The highest BCUT2D eigenvalue weighted by atomic mass is 16.1. The number of hydrogen-bond donors (Lipinski definition) is 1. The van der Waals surface area contributed by atoms with Crippen molar-refractivity contribution in [3.8, 4) is 0 Å². The van der Waals surface area contributed by atoms with Crippen molar-refractivity contribution in [2.24, 2.45) is 5.41 Å². The van der Waals surface area contributed by atoms with Crippen molar-refractivity contribution < 1.29 is 4.79 Å². The predicted octanol–water partition coefficient (Wildman–Crippen LogP) is 5.01. The highest BCUT2D eigenvalue weighted by Gasteiger charge is 2.49. The molecule has 1 aliphatic heterocycles. The summed E-state index contributed by atoms with van der Waals surface area (Å²) in [5, 5.41) is 3.75. The lowest BCUT2D eigenvalue weighted by Gasteiger charge is -2.43. The Morgan fingerprint density at radius 1 is 1.32 bits per heavy atom. The molecule has 4 aliphatic rings. The zero-order valence-electron chi connectivity index (χ0n) is 17.3. The Hall–Kier alpha value is -1.94. The van der Waals surface area contributed by atoms with E-state index in [0.717, 1.165) is 61.9 Å². The standard InChI is InChI=1S/C24H33N3O/c1-4-6-8-19-18(3)21-16-25-17-27(21)20(19)15-22(28)23-9-7-10-24(13-11-23,14-12-23)26-5-2/h4,6,8,16-17,20,26H,3,5,7,9-15H2,1-2H3/b6-4-,19-8+. The predicted molar refractivity (Wildman–Crippen MR) is 114 cm³/mol. The molecule has 5 rings (SSSR count). The fourth-order valence-electron chi connectivity index (χ4n) is 5.83. The first-order valence-corrected chi connectivity index (χ1v) is 10.9. The third-order valence-electron chi connectivity index (χ3n) is 7.48. The Labute approximate surface area is 168 Å². The van der Waals surface area contributed by atoms with Gasteiger partial charge in [-0.15, -0.1) is 0 Å². The van der Waals surface area contributed by atoms with E-state index in [4.69, 9.17) is 0 Å². The molecule has 0 radical (unpaired) electrons. The molecule has 3 aliphatic carbocycles. The van der Waals surface area contributed by atoms with Crippen LogP contribution in [0.2, 0.25) is 0 Å². The van der Waals surface area contributed by atoms with Crippen LogP contribution in [0.1, 0.15) is 76.9 Å². The highest BCUT2D eigenvalue weighted by molar-refractivity contribution is 5.88. The third-order valence-corrected chi connectivity index (χ3v) is 7.48. The molecule has 1 aromatic rings. The number of aromatic nitrogens is 2. The van der Waals surface area contributed by atoms with E-state index in [1.165, 1.54) is 6.42 Å². The maximum atomic E-state index is 13.7. The van der Waals surface area contributed by atoms with Crippen LogP contribution in [0.3, 0.4) is 0 Å². The monoisotopic (exact) mass is 379 g/mol. The maximum Gasteiger partial charge on any atom is 0.141 e. The van der Waals surface area contributed by atoms with Gasteiger partial charge in [0.1, 0.15) is 5.78 Å². The number of allylic oxidation sites excluding steroid dienone is 5. The lowest BCUT2D eigenvalue weighted by atomic mass is 9.65. The molecule has 1 N–H and O–H groups in total. The second kappa shape index (κ2) is 7.47. The number of ketones is 1. The molecule has 4 heteroatoms. The van der Waals surface area contributed by atoms with Gasteiger partial charge in [0.25, 0.3) is 0 Å². The topological polar surface area (TPSA) is 46.9 Å². The minimum absolute atomic E-state index is 0.0341. The van der Waals surface area contributed by atoms with Gasteiger partial charge < -0.3 is 9.88 Å². The molecular formula is C24H33N3O. The van der Waals surface area contributed by atoms with E-state index in [1.54, 1.807) is 0 Å². The summed E-state index contributed by atoms with van der Waals surface area (Å²) in [6.07, 6.45) is 18.3. The SMILES string of the molecule is C=C1/C(=C\C=C/C)C(CC(=O)C23CCCC(NCC)(CC2)CC3)n2cncc21. The number of hydrogen-bond acceptors (Lipinski definition) is 3. The van der Waals surface area contributed by atoms with E-state index in [1.807, 2.05) is 31.6 Å². The molecule has 0 saturated heterocycles. The van der Waals surface area contributed by atoms with Crippen molar-refractivity contribution >= 4 is 11.4 Å². The van der Waals surface area contributed by atoms with Crippen LogP contribution in [0.4, 0.5) is 0 Å². The minimum Gasteiger partial charge on any atom is -0.323 e. The van der Waals surface area contributed by atoms with Gasteiger partial charge in [-0.3, -0.25) is 4.79 Å². The third kappa shape index (κ3) is 3.12.